The zero-order valence-electron chi connectivity index (χ0n) is 14.7. The summed E-state index contributed by atoms with van der Waals surface area (Å²) in [5, 5.41) is 10.6. The van der Waals surface area contributed by atoms with Crippen LogP contribution in [-0.4, -0.2) is 27.3 Å². The van der Waals surface area contributed by atoms with Gasteiger partial charge < -0.3 is 5.32 Å². The lowest BCUT2D eigenvalue weighted by Crippen LogP contribution is -2.33. The van der Waals surface area contributed by atoms with Gasteiger partial charge in [0.15, 0.2) is 0 Å². The number of H-pyrrole nitrogens is 1. The fourth-order valence-corrected chi connectivity index (χ4v) is 3.84. The maximum atomic E-state index is 12.9. The van der Waals surface area contributed by atoms with Gasteiger partial charge >= 0.3 is 0 Å². The number of hydrogen-bond acceptors (Lipinski definition) is 3. The van der Waals surface area contributed by atoms with Gasteiger partial charge in [0, 0.05) is 35.6 Å². The van der Waals surface area contributed by atoms with Gasteiger partial charge in [-0.05, 0) is 67.6 Å². The van der Waals surface area contributed by atoms with E-state index in [9.17, 15) is 4.39 Å². The average Bonchev–Trinajstić information content (AvgIpc) is 3.30. The van der Waals surface area contributed by atoms with Crippen molar-refractivity contribution in [3.8, 4) is 22.4 Å². The summed E-state index contributed by atoms with van der Waals surface area (Å²) in [6.45, 7) is 0. The molecule has 4 nitrogen and oxygen atoms in total. The number of nitrogens with zero attached hydrogens (tertiary/aromatic N) is 2. The van der Waals surface area contributed by atoms with E-state index < -0.39 is 0 Å². The largest absolute Gasteiger partial charge is 0.311 e. The molecule has 134 valence electrons. The first-order valence-corrected chi connectivity index (χ1v) is 9.25. The van der Waals surface area contributed by atoms with Gasteiger partial charge in [-0.25, -0.2) is 4.39 Å². The van der Waals surface area contributed by atoms with E-state index in [-0.39, 0.29) is 5.82 Å². The van der Waals surface area contributed by atoms with E-state index >= 15 is 0 Å². The molecule has 2 saturated heterocycles. The Bertz CT molecular complexity index is 815. The number of piperidine rings is 1. The maximum absolute atomic E-state index is 12.9. The molecule has 2 unspecified atom stereocenters. The molecular formula is C21H23FN4. The first-order valence-electron chi connectivity index (χ1n) is 9.25. The second kappa shape index (κ2) is 7.79. The van der Waals surface area contributed by atoms with E-state index in [2.05, 4.69) is 20.5 Å². The smallest absolute Gasteiger partial charge is 0.123 e. The number of hydrogen-bond donors (Lipinski definition) is 2. The second-order valence-corrected chi connectivity index (χ2v) is 6.97. The summed E-state index contributed by atoms with van der Waals surface area (Å²) in [7, 11) is 0. The van der Waals surface area contributed by atoms with E-state index in [1.165, 1.54) is 44.2 Å². The van der Waals surface area contributed by atoms with Crippen LogP contribution >= 0.6 is 0 Å². The fourth-order valence-electron chi connectivity index (χ4n) is 3.84. The summed E-state index contributed by atoms with van der Waals surface area (Å²) in [5.74, 6) is -0.247. The molecule has 0 amide bonds. The van der Waals surface area contributed by atoms with Crippen LogP contribution < -0.4 is 5.32 Å². The molecule has 2 atom stereocenters. The lowest BCUT2D eigenvalue weighted by molar-refractivity contribution is 0.406. The van der Waals surface area contributed by atoms with Crippen LogP contribution in [0.15, 0.2) is 55.0 Å². The van der Waals surface area contributed by atoms with Gasteiger partial charge in [0.25, 0.3) is 0 Å². The summed E-state index contributed by atoms with van der Waals surface area (Å²) in [6, 6.07) is 12.0. The van der Waals surface area contributed by atoms with Crippen molar-refractivity contribution in [2.24, 2.45) is 0 Å². The molecule has 2 aliphatic rings. The summed E-state index contributed by atoms with van der Waals surface area (Å²) >= 11 is 0. The van der Waals surface area contributed by atoms with Crippen molar-refractivity contribution in [3.63, 3.8) is 0 Å². The molecule has 3 aromatic rings. The molecule has 2 aliphatic heterocycles. The summed E-state index contributed by atoms with van der Waals surface area (Å²) in [6.07, 6.45) is 12.5. The van der Waals surface area contributed by atoms with Gasteiger partial charge in [-0.15, -0.1) is 0 Å². The molecule has 5 rings (SSSR count). The van der Waals surface area contributed by atoms with Gasteiger partial charge in [0.2, 0.25) is 0 Å². The number of pyridine rings is 1. The number of aromatic nitrogens is 3. The molecular weight excluding hydrogens is 327 g/mol. The fraction of sp³-hybridized carbons (Fsp3) is 0.333. The number of aromatic amines is 1. The van der Waals surface area contributed by atoms with Crippen LogP contribution in [0, 0.1) is 5.82 Å². The minimum Gasteiger partial charge on any atom is -0.311 e. The highest BCUT2D eigenvalue weighted by Gasteiger charge is 2.26. The number of rotatable bonds is 2. The quantitative estimate of drug-likeness (QED) is 0.712. The van der Waals surface area contributed by atoms with Crippen molar-refractivity contribution < 1.29 is 4.39 Å². The molecule has 5 heteroatoms. The van der Waals surface area contributed by atoms with Gasteiger partial charge in [0.05, 0.1) is 11.9 Å². The Hall–Kier alpha value is -2.53. The van der Waals surface area contributed by atoms with E-state index in [1.54, 1.807) is 30.7 Å². The first-order chi connectivity index (χ1) is 12.8. The summed E-state index contributed by atoms with van der Waals surface area (Å²) < 4.78 is 12.9. The minimum absolute atomic E-state index is 0.247. The topological polar surface area (TPSA) is 53.6 Å². The van der Waals surface area contributed by atoms with Crippen LogP contribution in [0.2, 0.25) is 0 Å². The first kappa shape index (κ1) is 16.9. The van der Waals surface area contributed by atoms with Crippen molar-refractivity contribution in [2.75, 3.05) is 0 Å². The molecule has 4 heterocycles. The lowest BCUT2D eigenvalue weighted by atomic mass is 10.0. The maximum Gasteiger partial charge on any atom is 0.123 e. The van der Waals surface area contributed by atoms with E-state index in [1.807, 2.05) is 12.1 Å². The van der Waals surface area contributed by atoms with Crippen molar-refractivity contribution in [3.05, 3.63) is 60.8 Å². The number of fused-ring (bicyclic) bond motifs is 2. The summed E-state index contributed by atoms with van der Waals surface area (Å²) in [5.41, 5.74) is 3.78. The molecule has 1 aromatic carbocycles. The molecule has 0 saturated carbocycles. The van der Waals surface area contributed by atoms with Crippen LogP contribution in [0.1, 0.15) is 32.1 Å². The third kappa shape index (κ3) is 3.83. The molecule has 2 aromatic heterocycles. The van der Waals surface area contributed by atoms with Crippen molar-refractivity contribution in [1.29, 1.82) is 0 Å². The standard InChI is InChI=1S/C14H10FN3.C7H13N/c15-12-3-1-11(2-4-12)14-13(9-17-18-14)10-5-7-16-8-6-10;1-2-6-4-5-7(3-1)8-6/h1-9H,(H,17,18);6-8H,1-5H2. The van der Waals surface area contributed by atoms with E-state index in [0.717, 1.165) is 34.5 Å². The Kier molecular flexibility index (Phi) is 5.07. The molecule has 0 spiro atoms. The molecule has 2 bridgehead atoms. The molecule has 26 heavy (non-hydrogen) atoms. The van der Waals surface area contributed by atoms with Gasteiger partial charge in [-0.2, -0.15) is 5.10 Å². The number of nitrogens with one attached hydrogen (secondary N) is 2. The zero-order valence-corrected chi connectivity index (χ0v) is 14.7. The highest BCUT2D eigenvalue weighted by molar-refractivity contribution is 5.79. The van der Waals surface area contributed by atoms with Crippen molar-refractivity contribution in [1.82, 2.24) is 20.5 Å². The van der Waals surface area contributed by atoms with Gasteiger partial charge in [-0.1, -0.05) is 6.42 Å². The Morgan fingerprint density at radius 3 is 2.19 bits per heavy atom. The Morgan fingerprint density at radius 1 is 0.846 bits per heavy atom. The second-order valence-electron chi connectivity index (χ2n) is 6.97. The van der Waals surface area contributed by atoms with Crippen LogP contribution in [0.5, 0.6) is 0 Å². The molecule has 0 aliphatic carbocycles. The van der Waals surface area contributed by atoms with Crippen LogP contribution in [0.4, 0.5) is 4.39 Å². The number of halogens is 1. The summed E-state index contributed by atoms with van der Waals surface area (Å²) in [4.78, 5) is 3.99. The Morgan fingerprint density at radius 2 is 1.54 bits per heavy atom. The third-order valence-corrected chi connectivity index (χ3v) is 5.20. The van der Waals surface area contributed by atoms with Crippen LogP contribution in [0.3, 0.4) is 0 Å². The third-order valence-electron chi connectivity index (χ3n) is 5.20. The Labute approximate surface area is 152 Å². The zero-order chi connectivity index (χ0) is 17.8. The number of benzene rings is 1. The van der Waals surface area contributed by atoms with Gasteiger partial charge in [0.1, 0.15) is 5.82 Å². The molecule has 2 N–H and O–H groups in total. The SMILES string of the molecule is C1CC2CCC(C1)N2.Fc1ccc(-c2[nH]ncc2-c2ccncc2)cc1. The average molecular weight is 350 g/mol. The Balaban J connectivity index is 0.000000174. The lowest BCUT2D eigenvalue weighted by Gasteiger charge is -2.19. The molecule has 0 radical (unpaired) electrons. The van der Waals surface area contributed by atoms with Crippen molar-refractivity contribution >= 4 is 0 Å². The minimum atomic E-state index is -0.247. The predicted molar refractivity (Wildman–Crippen MR) is 101 cm³/mol. The highest BCUT2D eigenvalue weighted by atomic mass is 19.1. The molecule has 2 fully saturated rings. The van der Waals surface area contributed by atoms with Crippen LogP contribution in [0.25, 0.3) is 22.4 Å². The predicted octanol–water partition coefficient (Wildman–Crippen LogP) is 4.57. The van der Waals surface area contributed by atoms with E-state index in [4.69, 9.17) is 0 Å². The van der Waals surface area contributed by atoms with Gasteiger partial charge in [-0.3, -0.25) is 10.1 Å². The monoisotopic (exact) mass is 350 g/mol. The normalized spacial score (nSPS) is 21.1. The van der Waals surface area contributed by atoms with Crippen molar-refractivity contribution in [2.45, 2.75) is 44.2 Å². The van der Waals surface area contributed by atoms with E-state index in [0.29, 0.717) is 0 Å². The van der Waals surface area contributed by atoms with Crippen LogP contribution in [-0.2, 0) is 0 Å². The highest BCUT2D eigenvalue weighted by Crippen LogP contribution is 2.29.